The lowest BCUT2D eigenvalue weighted by molar-refractivity contribution is -0.150. The second kappa shape index (κ2) is 4.83. The number of benzene rings is 1. The molecule has 2 aliphatic rings. The summed E-state index contributed by atoms with van der Waals surface area (Å²) in [5, 5.41) is 2.34. The summed E-state index contributed by atoms with van der Waals surface area (Å²) in [6, 6.07) is 5.39. The fraction of sp³-hybridized carbons (Fsp3) is 0.438. The van der Waals surface area contributed by atoms with Crippen molar-refractivity contribution >= 4 is 23.5 Å². The highest BCUT2D eigenvalue weighted by atomic mass is 16.2. The molecule has 0 aromatic heterocycles. The smallest absolute Gasteiger partial charge is 0.330 e. The molecule has 1 N–H and O–H groups in total. The van der Waals surface area contributed by atoms with Crippen LogP contribution in [-0.4, -0.2) is 42.9 Å². The second-order valence-corrected chi connectivity index (χ2v) is 6.06. The van der Waals surface area contributed by atoms with Crippen LogP contribution in [0.3, 0.4) is 0 Å². The van der Waals surface area contributed by atoms with Crippen LogP contribution in [0.2, 0.25) is 0 Å². The Hall–Kier alpha value is -2.37. The third-order valence-corrected chi connectivity index (χ3v) is 4.52. The summed E-state index contributed by atoms with van der Waals surface area (Å²) in [5.74, 6) is -0.894. The molecular formula is C16H19N3O3. The number of carbonyl (C=O) groups is 3. The number of hydrogen-bond acceptors (Lipinski definition) is 4. The van der Waals surface area contributed by atoms with Gasteiger partial charge in [0.1, 0.15) is 5.41 Å². The second-order valence-electron chi connectivity index (χ2n) is 6.06. The van der Waals surface area contributed by atoms with E-state index in [1.807, 2.05) is 37.1 Å². The van der Waals surface area contributed by atoms with Crippen LogP contribution < -0.4 is 10.2 Å². The first-order valence-electron chi connectivity index (χ1n) is 7.37. The lowest BCUT2D eigenvalue weighted by Gasteiger charge is -2.45. The van der Waals surface area contributed by atoms with Crippen LogP contribution in [0.1, 0.15) is 18.1 Å². The normalized spacial score (nSPS) is 24.6. The molecule has 6 nitrogen and oxygen atoms in total. The fourth-order valence-corrected chi connectivity index (χ4v) is 3.41. The lowest BCUT2D eigenvalue weighted by atomic mass is 9.74. The van der Waals surface area contributed by atoms with Crippen LogP contribution in [-0.2, 0) is 16.0 Å². The van der Waals surface area contributed by atoms with Gasteiger partial charge < -0.3 is 4.90 Å². The minimum Gasteiger partial charge on any atom is -0.373 e. The highest BCUT2D eigenvalue weighted by molar-refractivity contribution is 6.20. The van der Waals surface area contributed by atoms with Crippen LogP contribution >= 0.6 is 0 Å². The zero-order chi connectivity index (χ0) is 16.1. The highest BCUT2D eigenvalue weighted by Crippen LogP contribution is 2.39. The van der Waals surface area contributed by atoms with Crippen molar-refractivity contribution in [2.45, 2.75) is 20.3 Å². The molecule has 0 radical (unpaired) electrons. The Balaban J connectivity index is 2.08. The fourth-order valence-electron chi connectivity index (χ4n) is 3.41. The number of carbonyl (C=O) groups excluding carboxylic acids is 3. The lowest BCUT2D eigenvalue weighted by Crippen LogP contribution is -2.68. The standard InChI is InChI=1S/C16H19N3O3/c1-4-19-14(21)16(13(20)17-15(19)22)8-11-7-10(2)5-6-12(11)18(3)9-16/h5-7H,4,8-9H2,1-3H3,(H,17,20,22)/t16-/m0/s1. The van der Waals surface area contributed by atoms with Crippen molar-refractivity contribution < 1.29 is 14.4 Å². The number of barbiturate groups is 1. The summed E-state index contributed by atoms with van der Waals surface area (Å²) in [7, 11) is 1.86. The monoisotopic (exact) mass is 301 g/mol. The zero-order valence-corrected chi connectivity index (χ0v) is 13.0. The summed E-state index contributed by atoms with van der Waals surface area (Å²) >= 11 is 0. The van der Waals surface area contributed by atoms with E-state index in [-0.39, 0.29) is 13.1 Å². The first-order valence-corrected chi connectivity index (χ1v) is 7.37. The van der Waals surface area contributed by atoms with Crippen molar-refractivity contribution in [3.8, 4) is 0 Å². The number of nitrogens with one attached hydrogen (secondary N) is 1. The molecular weight excluding hydrogens is 282 g/mol. The van der Waals surface area contributed by atoms with Crippen LogP contribution in [0.25, 0.3) is 0 Å². The largest absolute Gasteiger partial charge is 0.373 e. The Morgan fingerprint density at radius 3 is 2.68 bits per heavy atom. The van der Waals surface area contributed by atoms with E-state index in [0.717, 1.165) is 21.7 Å². The van der Waals surface area contributed by atoms with Gasteiger partial charge in [-0.05, 0) is 31.9 Å². The number of aryl methyl sites for hydroxylation is 1. The van der Waals surface area contributed by atoms with Gasteiger partial charge in [0.2, 0.25) is 11.8 Å². The number of rotatable bonds is 1. The molecule has 1 saturated heterocycles. The number of nitrogens with zero attached hydrogens (tertiary/aromatic N) is 2. The van der Waals surface area contributed by atoms with E-state index in [2.05, 4.69) is 5.32 Å². The predicted molar refractivity (Wildman–Crippen MR) is 81.5 cm³/mol. The van der Waals surface area contributed by atoms with E-state index in [0.29, 0.717) is 6.42 Å². The summed E-state index contributed by atoms with van der Waals surface area (Å²) in [6.45, 7) is 4.24. The van der Waals surface area contributed by atoms with Crippen molar-refractivity contribution in [1.82, 2.24) is 10.2 Å². The van der Waals surface area contributed by atoms with Gasteiger partial charge in [-0.2, -0.15) is 0 Å². The van der Waals surface area contributed by atoms with E-state index in [9.17, 15) is 14.4 Å². The molecule has 0 unspecified atom stereocenters. The van der Waals surface area contributed by atoms with E-state index in [1.165, 1.54) is 0 Å². The number of fused-ring (bicyclic) bond motifs is 1. The molecule has 3 rings (SSSR count). The summed E-state index contributed by atoms with van der Waals surface area (Å²) in [4.78, 5) is 40.1. The number of urea groups is 1. The van der Waals surface area contributed by atoms with E-state index < -0.39 is 23.3 Å². The average molecular weight is 301 g/mol. The molecule has 1 fully saturated rings. The predicted octanol–water partition coefficient (Wildman–Crippen LogP) is 1.07. The van der Waals surface area contributed by atoms with Gasteiger partial charge in [-0.15, -0.1) is 0 Å². The Bertz CT molecular complexity index is 685. The van der Waals surface area contributed by atoms with Crippen molar-refractivity contribution in [2.75, 3.05) is 25.0 Å². The molecule has 2 heterocycles. The van der Waals surface area contributed by atoms with Gasteiger partial charge in [0.05, 0.1) is 0 Å². The Labute approximate surface area is 129 Å². The van der Waals surface area contributed by atoms with E-state index >= 15 is 0 Å². The zero-order valence-electron chi connectivity index (χ0n) is 13.0. The molecule has 0 saturated carbocycles. The molecule has 6 heteroatoms. The average Bonchev–Trinajstić information content (AvgIpc) is 2.45. The first-order chi connectivity index (χ1) is 10.4. The van der Waals surface area contributed by atoms with Gasteiger partial charge in [-0.25, -0.2) is 4.79 Å². The Morgan fingerprint density at radius 1 is 1.27 bits per heavy atom. The first kappa shape index (κ1) is 14.6. The number of imide groups is 2. The summed E-state index contributed by atoms with van der Waals surface area (Å²) in [6.07, 6.45) is 0.322. The van der Waals surface area contributed by atoms with E-state index in [4.69, 9.17) is 0 Å². The molecule has 2 aliphatic heterocycles. The minimum absolute atomic E-state index is 0.254. The molecule has 4 amide bonds. The van der Waals surface area contributed by atoms with Crippen LogP contribution in [0.4, 0.5) is 10.5 Å². The maximum absolute atomic E-state index is 12.8. The van der Waals surface area contributed by atoms with Crippen molar-refractivity contribution in [3.63, 3.8) is 0 Å². The number of anilines is 1. The van der Waals surface area contributed by atoms with Gasteiger partial charge in [0, 0.05) is 25.8 Å². The van der Waals surface area contributed by atoms with Crippen molar-refractivity contribution in [2.24, 2.45) is 5.41 Å². The summed E-state index contributed by atoms with van der Waals surface area (Å²) < 4.78 is 0. The molecule has 1 atom stereocenters. The maximum Gasteiger partial charge on any atom is 0.330 e. The Morgan fingerprint density at radius 2 is 2.00 bits per heavy atom. The van der Waals surface area contributed by atoms with Gasteiger partial charge in [-0.1, -0.05) is 17.7 Å². The van der Waals surface area contributed by atoms with Crippen LogP contribution in [0, 0.1) is 12.3 Å². The van der Waals surface area contributed by atoms with Crippen molar-refractivity contribution in [3.05, 3.63) is 29.3 Å². The quantitative estimate of drug-likeness (QED) is 0.788. The molecule has 1 aromatic rings. The van der Waals surface area contributed by atoms with Crippen LogP contribution in [0.5, 0.6) is 0 Å². The van der Waals surface area contributed by atoms with Gasteiger partial charge in [-0.3, -0.25) is 19.8 Å². The van der Waals surface area contributed by atoms with Crippen LogP contribution in [0.15, 0.2) is 18.2 Å². The van der Waals surface area contributed by atoms with Gasteiger partial charge in [0.25, 0.3) is 0 Å². The Kier molecular flexibility index (Phi) is 3.20. The SMILES string of the molecule is CCN1C(=O)NC(=O)[C@@]2(Cc3cc(C)ccc3N(C)C2)C1=O. The molecule has 22 heavy (non-hydrogen) atoms. The minimum atomic E-state index is -1.22. The maximum atomic E-state index is 12.8. The van der Waals surface area contributed by atoms with Gasteiger partial charge in [0.15, 0.2) is 0 Å². The van der Waals surface area contributed by atoms with Crippen molar-refractivity contribution in [1.29, 1.82) is 0 Å². The molecule has 0 aliphatic carbocycles. The third-order valence-electron chi connectivity index (χ3n) is 4.52. The van der Waals surface area contributed by atoms with Gasteiger partial charge >= 0.3 is 6.03 Å². The molecule has 1 spiro atoms. The molecule has 116 valence electrons. The van der Waals surface area contributed by atoms with E-state index in [1.54, 1.807) is 6.92 Å². The highest BCUT2D eigenvalue weighted by Gasteiger charge is 2.55. The number of hydrogen-bond donors (Lipinski definition) is 1. The summed E-state index contributed by atoms with van der Waals surface area (Å²) in [5.41, 5.74) is 1.84. The topological polar surface area (TPSA) is 69.7 Å². The number of amides is 4. The molecule has 0 bridgehead atoms. The third kappa shape index (κ3) is 1.90. The molecule has 1 aromatic carbocycles.